The number of hydrogen-bond acceptors (Lipinski definition) is 4. The molecular weight excluding hydrogens is 387 g/mol. The predicted molar refractivity (Wildman–Crippen MR) is 105 cm³/mol. The van der Waals surface area contributed by atoms with Crippen molar-refractivity contribution in [1.29, 1.82) is 0 Å². The molecule has 0 saturated carbocycles. The van der Waals surface area contributed by atoms with Crippen LogP contribution >= 0.6 is 23.2 Å². The van der Waals surface area contributed by atoms with E-state index in [0.717, 1.165) is 0 Å². The summed E-state index contributed by atoms with van der Waals surface area (Å²) >= 11 is 12.1. The predicted octanol–water partition coefficient (Wildman–Crippen LogP) is 4.49. The highest BCUT2D eigenvalue weighted by Gasteiger charge is 2.34. The van der Waals surface area contributed by atoms with Crippen LogP contribution in [-0.4, -0.2) is 32.3 Å². The minimum absolute atomic E-state index is 0.0420. The number of rotatable bonds is 2. The van der Waals surface area contributed by atoms with Gasteiger partial charge in [-0.15, -0.1) is 0 Å². The zero-order valence-electron chi connectivity index (χ0n) is 14.6. The van der Waals surface area contributed by atoms with Crippen LogP contribution in [0.1, 0.15) is 29.1 Å². The van der Waals surface area contributed by atoms with Gasteiger partial charge in [0.1, 0.15) is 11.4 Å². The minimum atomic E-state index is -0.215. The van der Waals surface area contributed by atoms with Crippen molar-refractivity contribution < 1.29 is 9.90 Å². The molecule has 8 heteroatoms. The molecule has 0 saturated heterocycles. The average molecular weight is 403 g/mol. The minimum Gasteiger partial charge on any atom is -0.505 e. The van der Waals surface area contributed by atoms with Crippen LogP contribution in [0.5, 0.6) is 5.75 Å². The van der Waals surface area contributed by atoms with Gasteiger partial charge in [0.2, 0.25) is 0 Å². The topological polar surface area (TPSA) is 71.2 Å². The lowest BCUT2D eigenvalue weighted by Crippen LogP contribution is -2.42. The van der Waals surface area contributed by atoms with E-state index in [1.807, 2.05) is 6.92 Å². The normalized spacial score (nSPS) is 16.5. The molecule has 1 amide bonds. The fourth-order valence-corrected chi connectivity index (χ4v) is 3.60. The molecule has 0 bridgehead atoms. The maximum absolute atomic E-state index is 13.3. The number of carbonyl (C=O) groups is 1. The molecule has 138 valence electrons. The summed E-state index contributed by atoms with van der Waals surface area (Å²) in [5.41, 5.74) is 2.67. The standard InChI is InChI=1S/C19H16Cl2N4O2/c1-10-9-24(12-3-4-15(20)16(21)7-12)19(27)17-14(8-23-25(10)17)13-5-6-22-11(2)18(13)26/h3-8,10,26H,9H2,1-2H3/t10-/m0/s1. The Balaban J connectivity index is 1.84. The number of carbonyl (C=O) groups excluding carboxylic acids is 1. The van der Waals surface area contributed by atoms with Crippen molar-refractivity contribution in [2.45, 2.75) is 19.9 Å². The largest absolute Gasteiger partial charge is 0.505 e. The smallest absolute Gasteiger partial charge is 0.277 e. The van der Waals surface area contributed by atoms with Crippen LogP contribution in [0.25, 0.3) is 11.1 Å². The molecule has 0 radical (unpaired) electrons. The molecule has 3 aromatic rings. The number of nitrogens with zero attached hydrogens (tertiary/aromatic N) is 4. The Morgan fingerprint density at radius 3 is 2.70 bits per heavy atom. The van der Waals surface area contributed by atoms with Crippen molar-refractivity contribution in [2.75, 3.05) is 11.4 Å². The first-order valence-electron chi connectivity index (χ1n) is 8.38. The highest BCUT2D eigenvalue weighted by atomic mass is 35.5. The second kappa shape index (κ2) is 6.55. The number of aromatic hydroxyl groups is 1. The third-order valence-corrected chi connectivity index (χ3v) is 5.46. The lowest BCUT2D eigenvalue weighted by atomic mass is 10.0. The highest BCUT2D eigenvalue weighted by Crippen LogP contribution is 2.37. The molecule has 0 spiro atoms. The first-order chi connectivity index (χ1) is 12.9. The number of pyridine rings is 1. The molecule has 0 aliphatic carbocycles. The second-order valence-corrected chi connectivity index (χ2v) is 7.32. The monoisotopic (exact) mass is 402 g/mol. The first kappa shape index (κ1) is 17.8. The zero-order valence-corrected chi connectivity index (χ0v) is 16.2. The molecule has 1 atom stereocenters. The maximum Gasteiger partial charge on any atom is 0.277 e. The molecule has 1 N–H and O–H groups in total. The molecule has 2 aromatic heterocycles. The Kier molecular flexibility index (Phi) is 4.32. The van der Waals surface area contributed by atoms with E-state index >= 15 is 0 Å². The summed E-state index contributed by atoms with van der Waals surface area (Å²) in [6.45, 7) is 4.14. The zero-order chi connectivity index (χ0) is 19.3. The fraction of sp³-hybridized carbons (Fsp3) is 0.211. The molecule has 6 nitrogen and oxygen atoms in total. The van der Waals surface area contributed by atoms with E-state index in [4.69, 9.17) is 23.2 Å². The van der Waals surface area contributed by atoms with Gasteiger partial charge in [0.25, 0.3) is 5.91 Å². The van der Waals surface area contributed by atoms with Gasteiger partial charge in [0.15, 0.2) is 0 Å². The SMILES string of the molecule is Cc1nccc(-c2cnn3c2C(=O)N(c2ccc(Cl)c(Cl)c2)C[C@@H]3C)c1O. The number of anilines is 1. The van der Waals surface area contributed by atoms with Crippen molar-refractivity contribution in [3.8, 4) is 16.9 Å². The van der Waals surface area contributed by atoms with Gasteiger partial charge < -0.3 is 10.0 Å². The van der Waals surface area contributed by atoms with Crippen molar-refractivity contribution in [3.05, 3.63) is 58.1 Å². The quantitative estimate of drug-likeness (QED) is 0.685. The van der Waals surface area contributed by atoms with Crippen LogP contribution in [0.4, 0.5) is 5.69 Å². The Morgan fingerprint density at radius 1 is 1.19 bits per heavy atom. The van der Waals surface area contributed by atoms with Crippen LogP contribution in [0.3, 0.4) is 0 Å². The van der Waals surface area contributed by atoms with E-state index in [0.29, 0.717) is 44.8 Å². The van der Waals surface area contributed by atoms with Gasteiger partial charge in [-0.25, -0.2) is 0 Å². The molecule has 1 aromatic carbocycles. The van der Waals surface area contributed by atoms with Crippen molar-refractivity contribution in [1.82, 2.24) is 14.8 Å². The lowest BCUT2D eigenvalue weighted by molar-refractivity contribution is 0.0954. The van der Waals surface area contributed by atoms with Crippen LogP contribution in [0.2, 0.25) is 10.0 Å². The number of hydrogen-bond donors (Lipinski definition) is 1. The summed E-state index contributed by atoms with van der Waals surface area (Å²) in [5.74, 6) is -0.173. The highest BCUT2D eigenvalue weighted by molar-refractivity contribution is 6.42. The number of benzene rings is 1. The molecule has 1 aliphatic rings. The summed E-state index contributed by atoms with van der Waals surface area (Å²) in [4.78, 5) is 19.0. The third-order valence-electron chi connectivity index (χ3n) is 4.72. The maximum atomic E-state index is 13.3. The molecule has 0 fully saturated rings. The van der Waals surface area contributed by atoms with Gasteiger partial charge in [-0.1, -0.05) is 23.2 Å². The number of amides is 1. The first-order valence-corrected chi connectivity index (χ1v) is 9.13. The Labute approximate surface area is 166 Å². The van der Waals surface area contributed by atoms with Gasteiger partial charge in [0, 0.05) is 29.6 Å². The Hall–Kier alpha value is -2.57. The molecule has 4 rings (SSSR count). The van der Waals surface area contributed by atoms with E-state index in [1.165, 1.54) is 0 Å². The summed E-state index contributed by atoms with van der Waals surface area (Å²) in [6, 6.07) is 6.73. The van der Waals surface area contributed by atoms with E-state index in [1.54, 1.807) is 53.2 Å². The van der Waals surface area contributed by atoms with Crippen LogP contribution in [0.15, 0.2) is 36.7 Å². The molecule has 3 heterocycles. The number of aryl methyl sites for hydroxylation is 1. The van der Waals surface area contributed by atoms with Crippen molar-refractivity contribution in [3.63, 3.8) is 0 Å². The third kappa shape index (κ3) is 2.85. The van der Waals surface area contributed by atoms with Gasteiger partial charge in [0.05, 0.1) is 28.0 Å². The van der Waals surface area contributed by atoms with Crippen LogP contribution < -0.4 is 4.90 Å². The van der Waals surface area contributed by atoms with Gasteiger partial charge in [-0.3, -0.25) is 14.5 Å². The van der Waals surface area contributed by atoms with Crippen LogP contribution in [-0.2, 0) is 0 Å². The van der Waals surface area contributed by atoms with Gasteiger partial charge >= 0.3 is 0 Å². The fourth-order valence-electron chi connectivity index (χ4n) is 3.31. The van der Waals surface area contributed by atoms with Gasteiger partial charge in [-0.2, -0.15) is 5.10 Å². The lowest BCUT2D eigenvalue weighted by Gasteiger charge is -2.32. The van der Waals surface area contributed by atoms with E-state index in [2.05, 4.69) is 10.1 Å². The Morgan fingerprint density at radius 2 is 1.96 bits per heavy atom. The Bertz CT molecular complexity index is 1060. The summed E-state index contributed by atoms with van der Waals surface area (Å²) in [5, 5.41) is 15.6. The average Bonchev–Trinajstić information content (AvgIpc) is 3.08. The van der Waals surface area contributed by atoms with Crippen LogP contribution in [0, 0.1) is 6.92 Å². The molecular formula is C19H16Cl2N4O2. The number of halogens is 2. The summed E-state index contributed by atoms with van der Waals surface area (Å²) in [6.07, 6.45) is 3.21. The van der Waals surface area contributed by atoms with E-state index in [9.17, 15) is 9.90 Å². The molecule has 0 unspecified atom stereocenters. The number of fused-ring (bicyclic) bond motifs is 1. The van der Waals surface area contributed by atoms with E-state index < -0.39 is 0 Å². The second-order valence-electron chi connectivity index (χ2n) is 6.51. The summed E-state index contributed by atoms with van der Waals surface area (Å²) < 4.78 is 1.70. The van der Waals surface area contributed by atoms with Gasteiger partial charge in [-0.05, 0) is 38.1 Å². The van der Waals surface area contributed by atoms with E-state index in [-0.39, 0.29) is 17.7 Å². The van der Waals surface area contributed by atoms with Crippen molar-refractivity contribution >= 4 is 34.8 Å². The molecule has 27 heavy (non-hydrogen) atoms. The number of aromatic nitrogens is 3. The van der Waals surface area contributed by atoms with Crippen molar-refractivity contribution in [2.24, 2.45) is 0 Å². The molecule has 1 aliphatic heterocycles. The summed E-state index contributed by atoms with van der Waals surface area (Å²) in [7, 11) is 0.